The highest BCUT2D eigenvalue weighted by Gasteiger charge is 2.56. The van der Waals surface area contributed by atoms with Crippen LogP contribution >= 0.6 is 0 Å². The van der Waals surface area contributed by atoms with Gasteiger partial charge in [0, 0.05) is 12.5 Å². The molecule has 0 bridgehead atoms. The molecule has 1 saturated heterocycles. The molecular formula is C19H22N4O4. The van der Waals surface area contributed by atoms with Crippen LogP contribution in [0, 0.1) is 5.92 Å². The molecule has 2 fully saturated rings. The second-order valence-corrected chi connectivity index (χ2v) is 7.68. The van der Waals surface area contributed by atoms with Crippen molar-refractivity contribution in [3.63, 3.8) is 0 Å². The Balaban J connectivity index is 1.60. The van der Waals surface area contributed by atoms with Crippen LogP contribution in [0.25, 0.3) is 0 Å². The number of carbonyl (C=O) groups excluding carboxylic acids is 4. The summed E-state index contributed by atoms with van der Waals surface area (Å²) in [7, 11) is 0. The fourth-order valence-electron chi connectivity index (χ4n) is 3.98. The molecule has 1 aromatic rings. The molecule has 8 heteroatoms. The van der Waals surface area contributed by atoms with Gasteiger partial charge in [-0.3, -0.25) is 19.3 Å². The fraction of sp³-hybridized carbons (Fsp3) is 0.474. The van der Waals surface area contributed by atoms with Gasteiger partial charge in [0.1, 0.15) is 12.1 Å². The number of amides is 5. The number of fused-ring (bicyclic) bond motifs is 1. The number of benzene rings is 1. The van der Waals surface area contributed by atoms with Gasteiger partial charge in [-0.15, -0.1) is 0 Å². The normalized spacial score (nSPS) is 27.8. The second-order valence-electron chi connectivity index (χ2n) is 7.68. The molecule has 2 atom stereocenters. The maximum Gasteiger partial charge on any atom is 0.325 e. The number of hydrogen-bond acceptors (Lipinski definition) is 4. The van der Waals surface area contributed by atoms with Gasteiger partial charge in [-0.25, -0.2) is 4.79 Å². The van der Waals surface area contributed by atoms with E-state index >= 15 is 0 Å². The third kappa shape index (κ3) is 2.85. The summed E-state index contributed by atoms with van der Waals surface area (Å²) in [6, 6.07) is 6.10. The van der Waals surface area contributed by atoms with Crippen LogP contribution in [0.3, 0.4) is 0 Å². The number of nitrogens with zero attached hydrogens (tertiary/aromatic N) is 2. The van der Waals surface area contributed by atoms with Gasteiger partial charge in [0.2, 0.25) is 11.8 Å². The van der Waals surface area contributed by atoms with Crippen molar-refractivity contribution in [2.75, 3.05) is 16.8 Å². The summed E-state index contributed by atoms with van der Waals surface area (Å²) < 4.78 is 0. The van der Waals surface area contributed by atoms with E-state index in [1.807, 2.05) is 0 Å². The molecule has 0 unspecified atom stereocenters. The third-order valence-corrected chi connectivity index (χ3v) is 5.62. The van der Waals surface area contributed by atoms with E-state index in [4.69, 9.17) is 0 Å². The Bertz CT molecular complexity index is 850. The molecule has 3 aliphatic rings. The van der Waals surface area contributed by atoms with Crippen LogP contribution in [0.15, 0.2) is 24.3 Å². The van der Waals surface area contributed by atoms with Crippen molar-refractivity contribution in [2.24, 2.45) is 5.92 Å². The number of hydrogen-bond donors (Lipinski definition) is 2. The summed E-state index contributed by atoms with van der Waals surface area (Å²) in [5, 5.41) is 5.54. The van der Waals surface area contributed by atoms with Gasteiger partial charge in [0.05, 0.1) is 11.4 Å². The molecule has 1 aromatic carbocycles. The molecule has 27 heavy (non-hydrogen) atoms. The van der Waals surface area contributed by atoms with Crippen LogP contribution in [0.1, 0.15) is 33.1 Å². The summed E-state index contributed by atoms with van der Waals surface area (Å²) in [6.45, 7) is 3.15. The summed E-state index contributed by atoms with van der Waals surface area (Å²) in [5.74, 6) is -0.793. The lowest BCUT2D eigenvalue weighted by molar-refractivity contribution is -0.134. The van der Waals surface area contributed by atoms with Crippen LogP contribution in [0.2, 0.25) is 0 Å². The first-order chi connectivity index (χ1) is 12.8. The molecule has 1 aliphatic carbocycles. The average molecular weight is 370 g/mol. The van der Waals surface area contributed by atoms with Crippen molar-refractivity contribution in [3.05, 3.63) is 24.3 Å². The Morgan fingerprint density at radius 3 is 2.63 bits per heavy atom. The fourth-order valence-corrected chi connectivity index (χ4v) is 3.98. The molecule has 0 spiro atoms. The number of para-hydroxylation sites is 2. The number of urea groups is 1. The van der Waals surface area contributed by atoms with Gasteiger partial charge >= 0.3 is 6.03 Å². The van der Waals surface area contributed by atoms with Gasteiger partial charge in [-0.05, 0) is 44.7 Å². The number of anilines is 2. The lowest BCUT2D eigenvalue weighted by atomic mass is 9.96. The van der Waals surface area contributed by atoms with E-state index in [0.29, 0.717) is 11.4 Å². The Labute approximate surface area is 156 Å². The van der Waals surface area contributed by atoms with E-state index in [2.05, 4.69) is 10.6 Å². The highest BCUT2D eigenvalue weighted by atomic mass is 16.2. The van der Waals surface area contributed by atoms with Crippen molar-refractivity contribution in [3.8, 4) is 0 Å². The first-order valence-corrected chi connectivity index (χ1v) is 9.16. The summed E-state index contributed by atoms with van der Waals surface area (Å²) >= 11 is 0. The summed E-state index contributed by atoms with van der Waals surface area (Å²) in [6.07, 6.45) is 1.93. The quantitative estimate of drug-likeness (QED) is 0.787. The lowest BCUT2D eigenvalue weighted by Crippen LogP contribution is -2.48. The molecule has 2 aliphatic heterocycles. The van der Waals surface area contributed by atoms with Gasteiger partial charge < -0.3 is 15.5 Å². The molecular weight excluding hydrogens is 348 g/mol. The number of nitrogens with one attached hydrogen (secondary N) is 2. The SMILES string of the molecule is C[C@@H]1CC(=O)Nc2ccccc2N1C(=O)CN1C(=O)N[C@@](C)(C2CC2)C1=O. The highest BCUT2D eigenvalue weighted by Crippen LogP contribution is 2.42. The summed E-state index contributed by atoms with van der Waals surface area (Å²) in [4.78, 5) is 52.8. The zero-order chi connectivity index (χ0) is 19.3. The maximum atomic E-state index is 13.1. The molecule has 2 heterocycles. The molecule has 8 nitrogen and oxygen atoms in total. The number of imide groups is 1. The predicted molar refractivity (Wildman–Crippen MR) is 98.0 cm³/mol. The van der Waals surface area contributed by atoms with Gasteiger partial charge in [0.15, 0.2) is 0 Å². The molecule has 0 aromatic heterocycles. The molecule has 142 valence electrons. The zero-order valence-corrected chi connectivity index (χ0v) is 15.3. The van der Waals surface area contributed by atoms with Gasteiger partial charge in [0.25, 0.3) is 5.91 Å². The van der Waals surface area contributed by atoms with Crippen LogP contribution in [-0.2, 0) is 14.4 Å². The summed E-state index contributed by atoms with van der Waals surface area (Å²) in [5.41, 5.74) is 0.190. The van der Waals surface area contributed by atoms with E-state index in [0.717, 1.165) is 17.7 Å². The minimum atomic E-state index is -0.919. The lowest BCUT2D eigenvalue weighted by Gasteiger charge is -2.29. The Kier molecular flexibility index (Phi) is 3.94. The van der Waals surface area contributed by atoms with Crippen LogP contribution in [0.5, 0.6) is 0 Å². The Morgan fingerprint density at radius 1 is 1.22 bits per heavy atom. The minimum absolute atomic E-state index is 0.133. The zero-order valence-electron chi connectivity index (χ0n) is 15.3. The Hall–Kier alpha value is -2.90. The van der Waals surface area contributed by atoms with Crippen LogP contribution in [0.4, 0.5) is 16.2 Å². The second kappa shape index (κ2) is 6.07. The van der Waals surface area contributed by atoms with E-state index in [1.54, 1.807) is 38.1 Å². The third-order valence-electron chi connectivity index (χ3n) is 5.62. The van der Waals surface area contributed by atoms with Crippen molar-refractivity contribution < 1.29 is 19.2 Å². The number of carbonyl (C=O) groups is 4. The molecule has 2 N–H and O–H groups in total. The van der Waals surface area contributed by atoms with Crippen molar-refractivity contribution in [1.82, 2.24) is 10.2 Å². The highest BCUT2D eigenvalue weighted by molar-refractivity contribution is 6.12. The number of rotatable bonds is 3. The monoisotopic (exact) mass is 370 g/mol. The van der Waals surface area contributed by atoms with E-state index in [1.165, 1.54) is 4.90 Å². The van der Waals surface area contributed by atoms with E-state index in [9.17, 15) is 19.2 Å². The van der Waals surface area contributed by atoms with E-state index < -0.39 is 23.5 Å². The first-order valence-electron chi connectivity index (χ1n) is 9.16. The predicted octanol–water partition coefficient (Wildman–Crippen LogP) is 1.47. The van der Waals surface area contributed by atoms with Crippen LogP contribution < -0.4 is 15.5 Å². The van der Waals surface area contributed by atoms with Gasteiger partial charge in [-0.1, -0.05) is 12.1 Å². The minimum Gasteiger partial charge on any atom is -0.324 e. The topological polar surface area (TPSA) is 98.8 Å². The standard InChI is InChI=1S/C19H22N4O4/c1-11-9-15(24)20-13-5-3-4-6-14(13)23(11)16(25)10-22-17(26)19(2,12-7-8-12)21-18(22)27/h3-6,11-12H,7-10H2,1-2H3,(H,20,24)(H,21,27)/t11-,19+/m1/s1. The van der Waals surface area contributed by atoms with E-state index in [-0.39, 0.29) is 30.7 Å². The molecule has 5 amide bonds. The van der Waals surface area contributed by atoms with Crippen molar-refractivity contribution in [2.45, 2.75) is 44.7 Å². The van der Waals surface area contributed by atoms with Crippen LogP contribution in [-0.4, -0.2) is 46.8 Å². The Morgan fingerprint density at radius 2 is 1.93 bits per heavy atom. The maximum absolute atomic E-state index is 13.1. The average Bonchev–Trinajstić information content (AvgIpc) is 3.43. The molecule has 1 saturated carbocycles. The van der Waals surface area contributed by atoms with Gasteiger partial charge in [-0.2, -0.15) is 0 Å². The molecule has 4 rings (SSSR count). The van der Waals surface area contributed by atoms with Crippen molar-refractivity contribution >= 4 is 35.1 Å². The smallest absolute Gasteiger partial charge is 0.324 e. The molecule has 0 radical (unpaired) electrons. The van der Waals surface area contributed by atoms with Crippen molar-refractivity contribution in [1.29, 1.82) is 0 Å². The first kappa shape index (κ1) is 17.5. The largest absolute Gasteiger partial charge is 0.325 e.